The summed E-state index contributed by atoms with van der Waals surface area (Å²) in [4.78, 5) is 5.03. The summed E-state index contributed by atoms with van der Waals surface area (Å²) in [5.41, 5.74) is 1.83. The zero-order valence-electron chi connectivity index (χ0n) is 12.6. The van der Waals surface area contributed by atoms with Crippen molar-refractivity contribution >= 4 is 16.3 Å². The number of ether oxygens (including phenoxy) is 1. The van der Waals surface area contributed by atoms with Gasteiger partial charge < -0.3 is 9.15 Å². The number of hydrogen-bond acceptors (Lipinski definition) is 7. The summed E-state index contributed by atoms with van der Waals surface area (Å²) in [6, 6.07) is 7.87. The molecule has 0 radical (unpaired) electrons. The molecule has 116 valence electrons. The standard InChI is InChI=1S/C15H13N5O2S/c1-9-16-12(8-22-9)14-19-20-13(17-18-15(20)23-14)7-10-3-5-11(21-2)6-4-10/h3-6,8H,7H2,1-2H3. The number of benzene rings is 1. The summed E-state index contributed by atoms with van der Waals surface area (Å²) in [7, 11) is 1.65. The zero-order chi connectivity index (χ0) is 15.8. The maximum atomic E-state index is 5.24. The molecule has 0 amide bonds. The number of hydrogen-bond donors (Lipinski definition) is 0. The Hall–Kier alpha value is -2.74. The van der Waals surface area contributed by atoms with Gasteiger partial charge in [-0.25, -0.2) is 4.98 Å². The fraction of sp³-hybridized carbons (Fsp3) is 0.200. The van der Waals surface area contributed by atoms with Crippen molar-refractivity contribution in [3.05, 3.63) is 47.8 Å². The summed E-state index contributed by atoms with van der Waals surface area (Å²) in [6.07, 6.45) is 2.25. The van der Waals surface area contributed by atoms with Crippen molar-refractivity contribution in [2.24, 2.45) is 0 Å². The molecular formula is C15H13N5O2S. The number of methoxy groups -OCH3 is 1. The lowest BCUT2D eigenvalue weighted by Crippen LogP contribution is -1.98. The van der Waals surface area contributed by atoms with Crippen molar-refractivity contribution in [3.8, 4) is 16.5 Å². The predicted octanol–water partition coefficient (Wildman–Crippen LogP) is 2.75. The molecule has 0 fully saturated rings. The van der Waals surface area contributed by atoms with Crippen molar-refractivity contribution in [2.45, 2.75) is 13.3 Å². The SMILES string of the molecule is COc1ccc(Cc2nnc3sc(-c4coc(C)n4)nn23)cc1. The third-order valence-corrected chi connectivity index (χ3v) is 4.34. The average molecular weight is 327 g/mol. The van der Waals surface area contributed by atoms with E-state index in [4.69, 9.17) is 9.15 Å². The van der Waals surface area contributed by atoms with Crippen LogP contribution >= 0.6 is 11.3 Å². The molecule has 0 bridgehead atoms. The fourth-order valence-corrected chi connectivity index (χ4v) is 3.07. The van der Waals surface area contributed by atoms with Crippen LogP contribution in [0.4, 0.5) is 0 Å². The van der Waals surface area contributed by atoms with E-state index < -0.39 is 0 Å². The van der Waals surface area contributed by atoms with Gasteiger partial charge in [0, 0.05) is 13.3 Å². The number of fused-ring (bicyclic) bond motifs is 1. The van der Waals surface area contributed by atoms with Crippen LogP contribution in [0.3, 0.4) is 0 Å². The Balaban J connectivity index is 1.66. The van der Waals surface area contributed by atoms with Crippen LogP contribution in [0.15, 0.2) is 34.9 Å². The first kappa shape index (κ1) is 13.9. The quantitative estimate of drug-likeness (QED) is 0.573. The molecule has 0 N–H and O–H groups in total. The van der Waals surface area contributed by atoms with Crippen molar-refractivity contribution < 1.29 is 9.15 Å². The Kier molecular flexibility index (Phi) is 3.30. The van der Waals surface area contributed by atoms with Crippen LogP contribution in [0.2, 0.25) is 0 Å². The largest absolute Gasteiger partial charge is 0.497 e. The van der Waals surface area contributed by atoms with Gasteiger partial charge in [0.25, 0.3) is 0 Å². The van der Waals surface area contributed by atoms with Crippen LogP contribution in [-0.4, -0.2) is 31.9 Å². The highest BCUT2D eigenvalue weighted by Gasteiger charge is 2.15. The molecule has 0 atom stereocenters. The molecule has 1 aromatic carbocycles. The predicted molar refractivity (Wildman–Crippen MR) is 84.7 cm³/mol. The Morgan fingerprint density at radius 2 is 2.04 bits per heavy atom. The summed E-state index contributed by atoms with van der Waals surface area (Å²) in [5, 5.41) is 13.7. The molecule has 4 rings (SSSR count). The molecule has 8 heteroatoms. The van der Waals surface area contributed by atoms with Crippen LogP contribution in [-0.2, 0) is 6.42 Å². The van der Waals surface area contributed by atoms with Crippen LogP contribution in [0.1, 0.15) is 17.3 Å². The first-order chi connectivity index (χ1) is 11.2. The Morgan fingerprint density at radius 1 is 1.22 bits per heavy atom. The van der Waals surface area contributed by atoms with E-state index in [2.05, 4.69) is 20.3 Å². The van der Waals surface area contributed by atoms with Crippen molar-refractivity contribution in [1.29, 1.82) is 0 Å². The van der Waals surface area contributed by atoms with Gasteiger partial charge in [0.05, 0.1) is 7.11 Å². The van der Waals surface area contributed by atoms with Gasteiger partial charge in [-0.1, -0.05) is 23.5 Å². The molecule has 4 aromatic rings. The monoisotopic (exact) mass is 327 g/mol. The summed E-state index contributed by atoms with van der Waals surface area (Å²) < 4.78 is 12.2. The van der Waals surface area contributed by atoms with Gasteiger partial charge in [0.1, 0.15) is 17.7 Å². The molecule has 0 aliphatic heterocycles. The number of rotatable bonds is 4. The molecule has 0 spiro atoms. The van der Waals surface area contributed by atoms with Crippen molar-refractivity contribution in [2.75, 3.05) is 7.11 Å². The number of aromatic nitrogens is 5. The molecule has 7 nitrogen and oxygen atoms in total. The van der Waals surface area contributed by atoms with Gasteiger partial charge in [-0.3, -0.25) is 0 Å². The van der Waals surface area contributed by atoms with E-state index >= 15 is 0 Å². The third-order valence-electron chi connectivity index (χ3n) is 3.41. The highest BCUT2D eigenvalue weighted by molar-refractivity contribution is 7.19. The maximum Gasteiger partial charge on any atom is 0.235 e. The van der Waals surface area contributed by atoms with Crippen LogP contribution in [0.5, 0.6) is 5.75 Å². The molecule has 3 aromatic heterocycles. The minimum absolute atomic E-state index is 0.615. The molecule has 0 aliphatic rings. The van der Waals surface area contributed by atoms with E-state index in [1.807, 2.05) is 24.3 Å². The Morgan fingerprint density at radius 3 is 2.74 bits per heavy atom. The molecule has 0 unspecified atom stereocenters. The minimum atomic E-state index is 0.615. The van der Waals surface area contributed by atoms with Crippen LogP contribution in [0, 0.1) is 6.92 Å². The fourth-order valence-electron chi connectivity index (χ4n) is 2.26. The first-order valence-corrected chi connectivity index (χ1v) is 7.81. The van der Waals surface area contributed by atoms with E-state index in [0.717, 1.165) is 27.1 Å². The minimum Gasteiger partial charge on any atom is -0.497 e. The normalized spacial score (nSPS) is 11.2. The van der Waals surface area contributed by atoms with E-state index in [1.165, 1.54) is 11.3 Å². The smallest absolute Gasteiger partial charge is 0.235 e. The van der Waals surface area contributed by atoms with Gasteiger partial charge in [0.15, 0.2) is 16.7 Å². The maximum absolute atomic E-state index is 5.24. The molecule has 0 aliphatic carbocycles. The number of nitrogens with zero attached hydrogens (tertiary/aromatic N) is 5. The highest BCUT2D eigenvalue weighted by atomic mass is 32.1. The summed E-state index contributed by atoms with van der Waals surface area (Å²) >= 11 is 1.44. The number of oxazole rings is 1. The zero-order valence-corrected chi connectivity index (χ0v) is 13.4. The molecule has 0 saturated carbocycles. The second kappa shape index (κ2) is 5.47. The first-order valence-electron chi connectivity index (χ1n) is 6.99. The van der Waals surface area contributed by atoms with Gasteiger partial charge in [-0.15, -0.1) is 10.2 Å². The second-order valence-corrected chi connectivity index (χ2v) is 5.95. The summed E-state index contributed by atoms with van der Waals surface area (Å²) in [5.74, 6) is 2.23. The average Bonchev–Trinajstić information content (AvgIpc) is 3.25. The van der Waals surface area contributed by atoms with Gasteiger partial charge in [0.2, 0.25) is 4.96 Å². The molecule has 0 saturated heterocycles. The van der Waals surface area contributed by atoms with E-state index in [0.29, 0.717) is 18.0 Å². The topological polar surface area (TPSA) is 78.3 Å². The van der Waals surface area contributed by atoms with Crippen molar-refractivity contribution in [1.82, 2.24) is 24.8 Å². The van der Waals surface area contributed by atoms with Crippen LogP contribution in [0.25, 0.3) is 15.7 Å². The molecule has 23 heavy (non-hydrogen) atoms. The van der Waals surface area contributed by atoms with E-state index in [-0.39, 0.29) is 0 Å². The van der Waals surface area contributed by atoms with Crippen molar-refractivity contribution in [3.63, 3.8) is 0 Å². The van der Waals surface area contributed by atoms with E-state index in [9.17, 15) is 0 Å². The van der Waals surface area contributed by atoms with Crippen LogP contribution < -0.4 is 4.74 Å². The number of aryl methyl sites for hydroxylation is 1. The Labute approximate surface area is 135 Å². The molecular weight excluding hydrogens is 314 g/mol. The highest BCUT2D eigenvalue weighted by Crippen LogP contribution is 2.25. The lowest BCUT2D eigenvalue weighted by Gasteiger charge is -2.01. The van der Waals surface area contributed by atoms with Gasteiger partial charge in [-0.2, -0.15) is 9.61 Å². The molecule has 3 heterocycles. The summed E-state index contributed by atoms with van der Waals surface area (Å²) in [6.45, 7) is 1.80. The second-order valence-electron chi connectivity index (χ2n) is 4.99. The Bertz CT molecular complexity index is 954. The lowest BCUT2D eigenvalue weighted by molar-refractivity contribution is 0.414. The lowest BCUT2D eigenvalue weighted by atomic mass is 10.1. The van der Waals surface area contributed by atoms with Gasteiger partial charge in [-0.05, 0) is 17.7 Å². The third kappa shape index (κ3) is 2.57. The van der Waals surface area contributed by atoms with E-state index in [1.54, 1.807) is 24.8 Å². The van der Waals surface area contributed by atoms with Gasteiger partial charge >= 0.3 is 0 Å².